The summed E-state index contributed by atoms with van der Waals surface area (Å²) < 4.78 is 2.05. The van der Waals surface area contributed by atoms with Crippen LogP contribution in [0.5, 0.6) is 0 Å². The van der Waals surface area contributed by atoms with Gasteiger partial charge < -0.3 is 10.4 Å². The van der Waals surface area contributed by atoms with Crippen molar-refractivity contribution in [2.24, 2.45) is 5.92 Å². The van der Waals surface area contributed by atoms with Gasteiger partial charge in [-0.15, -0.1) is 0 Å². The van der Waals surface area contributed by atoms with Gasteiger partial charge in [0.15, 0.2) is 0 Å². The molecule has 1 atom stereocenters. The van der Waals surface area contributed by atoms with Crippen LogP contribution >= 0.6 is 11.6 Å². The van der Waals surface area contributed by atoms with E-state index in [4.69, 9.17) is 21.8 Å². The van der Waals surface area contributed by atoms with Gasteiger partial charge in [-0.25, -0.2) is 9.48 Å². The molecule has 0 saturated heterocycles. The lowest BCUT2D eigenvalue weighted by molar-refractivity contribution is 0.192. The second kappa shape index (κ2) is 7.68. The summed E-state index contributed by atoms with van der Waals surface area (Å²) in [6, 6.07) is 16.1. The molecule has 1 heterocycles. The number of fused-ring (bicyclic) bond motifs is 1. The zero-order valence-electron chi connectivity index (χ0n) is 15.7. The zero-order valence-corrected chi connectivity index (χ0v) is 16.4. The highest BCUT2D eigenvalue weighted by Gasteiger charge is 2.30. The smallest absolute Gasteiger partial charge is 0.404 e. The average Bonchev–Trinajstić information content (AvgIpc) is 3.24. The largest absolute Gasteiger partial charge is 0.465 e. The Morgan fingerprint density at radius 3 is 2.68 bits per heavy atom. The number of nitrogens with one attached hydrogen (secondary N) is 1. The third-order valence-electron chi connectivity index (χ3n) is 5.30. The van der Waals surface area contributed by atoms with Crippen molar-refractivity contribution in [1.82, 2.24) is 15.1 Å². The van der Waals surface area contributed by atoms with Crippen molar-refractivity contribution in [3.63, 3.8) is 0 Å². The fourth-order valence-electron chi connectivity index (χ4n) is 3.98. The molecular weight excluding hydrogens is 374 g/mol. The Hall–Kier alpha value is -2.79. The van der Waals surface area contributed by atoms with E-state index in [1.54, 1.807) is 0 Å². The summed E-state index contributed by atoms with van der Waals surface area (Å²) in [5.41, 5.74) is 6.72. The van der Waals surface area contributed by atoms with Gasteiger partial charge in [0.05, 0.1) is 17.1 Å². The summed E-state index contributed by atoms with van der Waals surface area (Å²) in [4.78, 5) is 10.9. The number of aryl methyl sites for hydroxylation is 1. The van der Waals surface area contributed by atoms with Gasteiger partial charge in [0, 0.05) is 22.7 Å². The van der Waals surface area contributed by atoms with Crippen molar-refractivity contribution < 1.29 is 9.90 Å². The fourth-order valence-corrected chi connectivity index (χ4v) is 4.11. The molecule has 1 amide bonds. The maximum absolute atomic E-state index is 10.9. The Labute approximate surface area is 169 Å². The normalized spacial score (nSPS) is 15.4. The number of hydrogen-bond acceptors (Lipinski definition) is 2. The molecule has 144 valence electrons. The Balaban J connectivity index is 1.80. The summed E-state index contributed by atoms with van der Waals surface area (Å²) in [5, 5.41) is 17.1. The minimum absolute atomic E-state index is 0.232. The first-order valence-electron chi connectivity index (χ1n) is 9.48. The van der Waals surface area contributed by atoms with E-state index in [0.717, 1.165) is 41.9 Å². The number of aromatic nitrogens is 2. The molecule has 0 saturated carbocycles. The molecule has 6 heteroatoms. The van der Waals surface area contributed by atoms with Crippen molar-refractivity contribution in [3.05, 3.63) is 70.4 Å². The van der Waals surface area contributed by atoms with E-state index in [1.165, 1.54) is 11.1 Å². The van der Waals surface area contributed by atoms with Crippen molar-refractivity contribution in [2.75, 3.05) is 6.54 Å². The summed E-state index contributed by atoms with van der Waals surface area (Å²) >= 11 is 6.10. The lowest BCUT2D eigenvalue weighted by Gasteiger charge is -2.15. The molecule has 0 spiro atoms. The van der Waals surface area contributed by atoms with Crippen LogP contribution in [-0.4, -0.2) is 27.5 Å². The van der Waals surface area contributed by atoms with Gasteiger partial charge in [-0.1, -0.05) is 48.9 Å². The number of carbonyl (C=O) groups is 1. The third kappa shape index (κ3) is 3.50. The van der Waals surface area contributed by atoms with Crippen molar-refractivity contribution in [3.8, 4) is 16.9 Å². The number of amides is 1. The molecule has 4 rings (SSSR count). The topological polar surface area (TPSA) is 67.2 Å². The first kappa shape index (κ1) is 18.6. The molecule has 0 radical (unpaired) electrons. The van der Waals surface area contributed by atoms with Crippen molar-refractivity contribution in [1.29, 1.82) is 0 Å². The maximum Gasteiger partial charge on any atom is 0.404 e. The standard InChI is InChI=1S/C22H22ClN3O2/c1-2-15-5-3-4-6-20(15)26-21(16-7-9-17(23)10-8-16)18-11-14(12-19(18)25-26)13-24-22(27)28/h3-10,14,24H,2,11-13H2,1H3,(H,27,28). The summed E-state index contributed by atoms with van der Waals surface area (Å²) in [6.45, 7) is 2.59. The van der Waals surface area contributed by atoms with Gasteiger partial charge in [0.2, 0.25) is 0 Å². The Kier molecular flexibility index (Phi) is 5.09. The van der Waals surface area contributed by atoms with Crippen LogP contribution < -0.4 is 5.32 Å². The van der Waals surface area contributed by atoms with E-state index >= 15 is 0 Å². The molecule has 2 aromatic carbocycles. The fraction of sp³-hybridized carbons (Fsp3) is 0.273. The lowest BCUT2D eigenvalue weighted by atomic mass is 10.0. The van der Waals surface area contributed by atoms with Crippen LogP contribution in [0, 0.1) is 5.92 Å². The van der Waals surface area contributed by atoms with Crippen LogP contribution in [0.25, 0.3) is 16.9 Å². The molecule has 0 aliphatic heterocycles. The number of para-hydroxylation sites is 1. The van der Waals surface area contributed by atoms with E-state index in [0.29, 0.717) is 11.6 Å². The predicted octanol–water partition coefficient (Wildman–Crippen LogP) is 4.74. The first-order chi connectivity index (χ1) is 13.6. The van der Waals surface area contributed by atoms with Gasteiger partial charge in [-0.05, 0) is 48.9 Å². The van der Waals surface area contributed by atoms with E-state index < -0.39 is 6.09 Å². The zero-order chi connectivity index (χ0) is 19.7. The molecule has 1 aliphatic rings. The molecule has 28 heavy (non-hydrogen) atoms. The third-order valence-corrected chi connectivity index (χ3v) is 5.55. The Morgan fingerprint density at radius 2 is 1.96 bits per heavy atom. The molecular formula is C22H22ClN3O2. The number of hydrogen-bond donors (Lipinski definition) is 2. The Bertz CT molecular complexity index is 1010. The molecule has 1 aliphatic carbocycles. The number of rotatable bonds is 5. The van der Waals surface area contributed by atoms with Crippen molar-refractivity contribution >= 4 is 17.7 Å². The highest BCUT2D eigenvalue weighted by molar-refractivity contribution is 6.30. The van der Waals surface area contributed by atoms with Crippen LogP contribution in [0.4, 0.5) is 4.79 Å². The predicted molar refractivity (Wildman–Crippen MR) is 110 cm³/mol. The van der Waals surface area contributed by atoms with E-state index in [1.807, 2.05) is 35.0 Å². The molecule has 3 aromatic rings. The van der Waals surface area contributed by atoms with Crippen LogP contribution in [0.3, 0.4) is 0 Å². The highest BCUT2D eigenvalue weighted by Crippen LogP contribution is 2.37. The Morgan fingerprint density at radius 1 is 1.21 bits per heavy atom. The number of carboxylic acid groups (broad SMARTS) is 1. The van der Waals surface area contributed by atoms with Gasteiger partial charge in [-0.2, -0.15) is 5.10 Å². The molecule has 0 fully saturated rings. The number of nitrogens with zero attached hydrogens (tertiary/aromatic N) is 2. The summed E-state index contributed by atoms with van der Waals surface area (Å²) in [7, 11) is 0. The van der Waals surface area contributed by atoms with Gasteiger partial charge >= 0.3 is 6.09 Å². The van der Waals surface area contributed by atoms with Crippen LogP contribution in [0.1, 0.15) is 23.7 Å². The number of benzene rings is 2. The van der Waals surface area contributed by atoms with Gasteiger partial charge in [0.1, 0.15) is 0 Å². The molecule has 1 unspecified atom stereocenters. The van der Waals surface area contributed by atoms with Crippen LogP contribution in [0.15, 0.2) is 48.5 Å². The second-order valence-electron chi connectivity index (χ2n) is 7.14. The first-order valence-corrected chi connectivity index (χ1v) is 9.86. The SMILES string of the molecule is CCc1ccccc1-n1nc2c(c1-c1ccc(Cl)cc1)CC(CNC(=O)O)C2. The molecule has 2 N–H and O–H groups in total. The molecule has 5 nitrogen and oxygen atoms in total. The van der Waals surface area contributed by atoms with E-state index in [2.05, 4.69) is 30.4 Å². The van der Waals surface area contributed by atoms with E-state index in [9.17, 15) is 4.79 Å². The highest BCUT2D eigenvalue weighted by atomic mass is 35.5. The van der Waals surface area contributed by atoms with Crippen LogP contribution in [-0.2, 0) is 19.3 Å². The van der Waals surface area contributed by atoms with Gasteiger partial charge in [0.25, 0.3) is 0 Å². The minimum atomic E-state index is -0.982. The molecule has 0 bridgehead atoms. The summed E-state index contributed by atoms with van der Waals surface area (Å²) in [5.74, 6) is 0.232. The summed E-state index contributed by atoms with van der Waals surface area (Å²) in [6.07, 6.45) is 1.52. The maximum atomic E-state index is 10.9. The number of halogens is 1. The monoisotopic (exact) mass is 395 g/mol. The van der Waals surface area contributed by atoms with Crippen molar-refractivity contribution in [2.45, 2.75) is 26.2 Å². The van der Waals surface area contributed by atoms with Crippen LogP contribution in [0.2, 0.25) is 5.02 Å². The second-order valence-corrected chi connectivity index (χ2v) is 7.57. The van der Waals surface area contributed by atoms with E-state index in [-0.39, 0.29) is 5.92 Å². The van der Waals surface area contributed by atoms with Gasteiger partial charge in [-0.3, -0.25) is 0 Å². The quantitative estimate of drug-likeness (QED) is 0.655. The minimum Gasteiger partial charge on any atom is -0.465 e. The average molecular weight is 396 g/mol. The molecule has 1 aromatic heterocycles. The lowest BCUT2D eigenvalue weighted by Crippen LogP contribution is -2.28.